The zero-order valence-electron chi connectivity index (χ0n) is 10.8. The predicted molar refractivity (Wildman–Crippen MR) is 62.7 cm³/mol. The SMILES string of the molecule is COC(=O)CCCN(C)OCCC(C)(C)N. The number of hydrogen-bond donors (Lipinski definition) is 1. The molecule has 0 spiro atoms. The molecule has 0 aromatic carbocycles. The van der Waals surface area contributed by atoms with E-state index >= 15 is 0 Å². The van der Waals surface area contributed by atoms with E-state index in [4.69, 9.17) is 10.6 Å². The number of ether oxygens (including phenoxy) is 1. The summed E-state index contributed by atoms with van der Waals surface area (Å²) in [4.78, 5) is 16.3. The first-order chi connectivity index (χ1) is 7.35. The third-order valence-electron chi connectivity index (χ3n) is 2.14. The van der Waals surface area contributed by atoms with Crippen molar-refractivity contribution in [2.45, 2.75) is 38.6 Å². The lowest BCUT2D eigenvalue weighted by Crippen LogP contribution is -2.34. The molecule has 96 valence electrons. The molecule has 0 aromatic heterocycles. The average molecular weight is 232 g/mol. The van der Waals surface area contributed by atoms with E-state index in [1.54, 1.807) is 5.06 Å². The standard InChI is InChI=1S/C11H24N2O3/c1-11(2,12)7-9-16-13(3)8-5-6-10(14)15-4/h5-9,12H2,1-4H3. The second-order valence-corrected chi connectivity index (χ2v) is 4.60. The van der Waals surface area contributed by atoms with Crippen molar-refractivity contribution < 1.29 is 14.4 Å². The van der Waals surface area contributed by atoms with Crippen molar-refractivity contribution in [1.82, 2.24) is 5.06 Å². The van der Waals surface area contributed by atoms with Gasteiger partial charge in [-0.1, -0.05) is 0 Å². The fourth-order valence-corrected chi connectivity index (χ4v) is 1.08. The van der Waals surface area contributed by atoms with E-state index in [1.807, 2.05) is 20.9 Å². The van der Waals surface area contributed by atoms with Crippen LogP contribution in [0.15, 0.2) is 0 Å². The van der Waals surface area contributed by atoms with Crippen LogP contribution in [0.5, 0.6) is 0 Å². The molecule has 5 nitrogen and oxygen atoms in total. The highest BCUT2D eigenvalue weighted by Gasteiger charge is 2.11. The van der Waals surface area contributed by atoms with Crippen molar-refractivity contribution in [3.05, 3.63) is 0 Å². The molecule has 0 saturated carbocycles. The summed E-state index contributed by atoms with van der Waals surface area (Å²) in [5.74, 6) is -0.184. The topological polar surface area (TPSA) is 64.8 Å². The largest absolute Gasteiger partial charge is 0.469 e. The first kappa shape index (κ1) is 15.3. The van der Waals surface area contributed by atoms with E-state index in [0.717, 1.165) is 12.8 Å². The van der Waals surface area contributed by atoms with Crippen LogP contribution in [0.3, 0.4) is 0 Å². The summed E-state index contributed by atoms with van der Waals surface area (Å²) in [5, 5.41) is 1.73. The van der Waals surface area contributed by atoms with Crippen molar-refractivity contribution in [2.24, 2.45) is 5.73 Å². The number of methoxy groups -OCH3 is 1. The summed E-state index contributed by atoms with van der Waals surface area (Å²) < 4.78 is 4.54. The lowest BCUT2D eigenvalue weighted by atomic mass is 10.0. The van der Waals surface area contributed by atoms with Crippen LogP contribution in [-0.4, -0.2) is 43.9 Å². The normalized spacial score (nSPS) is 11.9. The maximum atomic E-state index is 10.8. The van der Waals surface area contributed by atoms with Gasteiger partial charge in [0.05, 0.1) is 13.7 Å². The fourth-order valence-electron chi connectivity index (χ4n) is 1.08. The Labute approximate surface area is 97.8 Å². The minimum atomic E-state index is -0.202. The highest BCUT2D eigenvalue weighted by Crippen LogP contribution is 2.04. The Morgan fingerprint density at radius 2 is 2.06 bits per heavy atom. The van der Waals surface area contributed by atoms with Crippen molar-refractivity contribution >= 4 is 5.97 Å². The summed E-state index contributed by atoms with van der Waals surface area (Å²) in [6.45, 7) is 5.24. The van der Waals surface area contributed by atoms with Gasteiger partial charge in [0.1, 0.15) is 0 Å². The average Bonchev–Trinajstić information content (AvgIpc) is 2.15. The van der Waals surface area contributed by atoms with Gasteiger partial charge in [0.25, 0.3) is 0 Å². The predicted octanol–water partition coefficient (Wildman–Crippen LogP) is 0.930. The van der Waals surface area contributed by atoms with Gasteiger partial charge in [0.2, 0.25) is 0 Å². The molecule has 0 unspecified atom stereocenters. The van der Waals surface area contributed by atoms with E-state index in [9.17, 15) is 4.79 Å². The van der Waals surface area contributed by atoms with Crippen LogP contribution in [0.1, 0.15) is 33.1 Å². The molecule has 0 aromatic rings. The van der Waals surface area contributed by atoms with Crippen molar-refractivity contribution in [2.75, 3.05) is 27.3 Å². The zero-order valence-corrected chi connectivity index (χ0v) is 10.8. The lowest BCUT2D eigenvalue weighted by Gasteiger charge is -2.21. The number of carbonyl (C=O) groups is 1. The first-order valence-electron chi connectivity index (χ1n) is 5.55. The third-order valence-corrected chi connectivity index (χ3v) is 2.14. The number of hydrogen-bond acceptors (Lipinski definition) is 5. The third kappa shape index (κ3) is 9.89. The summed E-state index contributed by atoms with van der Waals surface area (Å²) in [7, 11) is 3.24. The number of esters is 1. The Kier molecular flexibility index (Phi) is 7.29. The minimum Gasteiger partial charge on any atom is -0.469 e. The highest BCUT2D eigenvalue weighted by atomic mass is 16.7. The second kappa shape index (κ2) is 7.60. The number of nitrogens with zero attached hydrogens (tertiary/aromatic N) is 1. The molecule has 5 heteroatoms. The molecule has 0 bridgehead atoms. The van der Waals surface area contributed by atoms with Gasteiger partial charge < -0.3 is 10.5 Å². The maximum Gasteiger partial charge on any atom is 0.305 e. The van der Waals surface area contributed by atoms with Crippen molar-refractivity contribution in [3.63, 3.8) is 0 Å². The van der Waals surface area contributed by atoms with E-state index < -0.39 is 0 Å². The number of hydroxylamine groups is 2. The van der Waals surface area contributed by atoms with Gasteiger partial charge in [-0.15, -0.1) is 0 Å². The van der Waals surface area contributed by atoms with E-state index in [-0.39, 0.29) is 11.5 Å². The molecule has 0 atom stereocenters. The van der Waals surface area contributed by atoms with Gasteiger partial charge in [-0.2, -0.15) is 5.06 Å². The zero-order chi connectivity index (χ0) is 12.6. The Hall–Kier alpha value is -0.650. The number of rotatable bonds is 8. The Morgan fingerprint density at radius 3 is 2.56 bits per heavy atom. The molecule has 0 amide bonds. The smallest absolute Gasteiger partial charge is 0.305 e. The number of nitrogens with two attached hydrogens (primary N) is 1. The molecule has 0 saturated heterocycles. The summed E-state index contributed by atoms with van der Waals surface area (Å²) in [6.07, 6.45) is 1.95. The summed E-state index contributed by atoms with van der Waals surface area (Å²) in [5.41, 5.74) is 5.62. The van der Waals surface area contributed by atoms with Crippen LogP contribution >= 0.6 is 0 Å². The first-order valence-corrected chi connectivity index (χ1v) is 5.55. The van der Waals surface area contributed by atoms with Crippen LogP contribution < -0.4 is 5.73 Å². The number of carbonyl (C=O) groups excluding carboxylic acids is 1. The quantitative estimate of drug-likeness (QED) is 0.498. The van der Waals surface area contributed by atoms with Gasteiger partial charge in [0, 0.05) is 25.6 Å². The van der Waals surface area contributed by atoms with E-state index in [2.05, 4.69) is 4.74 Å². The maximum absolute atomic E-state index is 10.8. The molecule has 2 N–H and O–H groups in total. The molecule has 0 rings (SSSR count). The van der Waals surface area contributed by atoms with Gasteiger partial charge in [-0.05, 0) is 26.7 Å². The van der Waals surface area contributed by atoms with Crippen LogP contribution in [0, 0.1) is 0 Å². The second-order valence-electron chi connectivity index (χ2n) is 4.60. The molecule has 16 heavy (non-hydrogen) atoms. The Balaban J connectivity index is 3.45. The van der Waals surface area contributed by atoms with Crippen LogP contribution in [-0.2, 0) is 14.4 Å². The van der Waals surface area contributed by atoms with E-state index in [0.29, 0.717) is 19.6 Å². The highest BCUT2D eigenvalue weighted by molar-refractivity contribution is 5.68. The minimum absolute atomic E-state index is 0.184. The summed E-state index contributed by atoms with van der Waals surface area (Å²) >= 11 is 0. The van der Waals surface area contributed by atoms with Crippen LogP contribution in [0.25, 0.3) is 0 Å². The lowest BCUT2D eigenvalue weighted by molar-refractivity contribution is -0.148. The molecule has 0 fully saturated rings. The van der Waals surface area contributed by atoms with Gasteiger partial charge >= 0.3 is 5.97 Å². The van der Waals surface area contributed by atoms with E-state index in [1.165, 1.54) is 7.11 Å². The Morgan fingerprint density at radius 1 is 1.44 bits per heavy atom. The molecular formula is C11H24N2O3. The van der Waals surface area contributed by atoms with Crippen LogP contribution in [0.4, 0.5) is 0 Å². The monoisotopic (exact) mass is 232 g/mol. The molecule has 0 aliphatic rings. The molecular weight excluding hydrogens is 208 g/mol. The Bertz CT molecular complexity index is 202. The van der Waals surface area contributed by atoms with Crippen molar-refractivity contribution in [3.8, 4) is 0 Å². The fraction of sp³-hybridized carbons (Fsp3) is 0.909. The van der Waals surface area contributed by atoms with Gasteiger partial charge in [-0.3, -0.25) is 9.63 Å². The van der Waals surface area contributed by atoms with Gasteiger partial charge in [-0.25, -0.2) is 0 Å². The molecule has 0 aliphatic heterocycles. The molecule has 0 radical (unpaired) electrons. The molecule has 0 aliphatic carbocycles. The molecule has 0 heterocycles. The van der Waals surface area contributed by atoms with Crippen LogP contribution in [0.2, 0.25) is 0 Å². The van der Waals surface area contributed by atoms with Gasteiger partial charge in [0.15, 0.2) is 0 Å². The summed E-state index contributed by atoms with van der Waals surface area (Å²) in [6, 6.07) is 0. The van der Waals surface area contributed by atoms with Crippen molar-refractivity contribution in [1.29, 1.82) is 0 Å².